The molecule has 0 bridgehead atoms. The van der Waals surface area contributed by atoms with Crippen LogP contribution in [-0.2, 0) is 44.7 Å². The van der Waals surface area contributed by atoms with Crippen LogP contribution in [0.5, 0.6) is 0 Å². The second-order valence-corrected chi connectivity index (χ2v) is 7.43. The molecule has 0 fully saturated rings. The summed E-state index contributed by atoms with van der Waals surface area (Å²) in [5.41, 5.74) is 0.974. The van der Waals surface area contributed by atoms with Crippen molar-refractivity contribution in [1.29, 1.82) is 10.5 Å². The summed E-state index contributed by atoms with van der Waals surface area (Å²) in [4.78, 5) is 58.7. The van der Waals surface area contributed by atoms with Crippen molar-refractivity contribution >= 4 is 49.1 Å². The van der Waals surface area contributed by atoms with E-state index in [0.717, 1.165) is 0 Å². The first-order valence-electron chi connectivity index (χ1n) is 10.7. The Hall–Kier alpha value is -5.48. The van der Waals surface area contributed by atoms with E-state index in [9.17, 15) is 34.5 Å². The molecule has 4 rings (SSSR count). The van der Waals surface area contributed by atoms with Crippen LogP contribution in [0.1, 0.15) is 41.4 Å². The van der Waals surface area contributed by atoms with E-state index in [1.807, 2.05) is 0 Å². The third-order valence-electron chi connectivity index (χ3n) is 4.52. The van der Waals surface area contributed by atoms with Gasteiger partial charge in [0.15, 0.2) is 0 Å². The number of rotatable bonds is 6. The van der Waals surface area contributed by atoms with E-state index in [0.29, 0.717) is 0 Å². The fourth-order valence-electron chi connectivity index (χ4n) is 2.80. The first kappa shape index (κ1) is 37.5. The largest absolute Gasteiger partial charge is 2.00 e. The number of carbonyl (C=O) groups is 4. The Morgan fingerprint density at radius 1 is 0.581 bits per heavy atom. The summed E-state index contributed by atoms with van der Waals surface area (Å²) in [5, 5.41) is 57.9. The number of hydrogen-bond acceptors (Lipinski definition) is 15. The zero-order valence-corrected chi connectivity index (χ0v) is 24.5. The number of aromatic carboxylic acids is 4. The van der Waals surface area contributed by atoms with Gasteiger partial charge in [0, 0.05) is 41.5 Å². The zero-order valence-electron chi connectivity index (χ0n) is 21.1. The van der Waals surface area contributed by atoms with Crippen LogP contribution in [0, 0.1) is 21.3 Å². The third kappa shape index (κ3) is 12.7. The summed E-state index contributed by atoms with van der Waals surface area (Å²) >= 11 is 7.40. The van der Waals surface area contributed by atoms with Crippen molar-refractivity contribution in [3.8, 4) is 33.6 Å². The molecule has 0 spiro atoms. The summed E-state index contributed by atoms with van der Waals surface area (Å²) < 4.78 is 0. The van der Waals surface area contributed by atoms with Crippen LogP contribution in [0.15, 0.2) is 73.3 Å². The molecule has 4 aromatic heterocycles. The van der Waals surface area contributed by atoms with Crippen LogP contribution in [0.2, 0.25) is 0 Å². The fraction of sp³-hybridized carbons (Fsp3) is 0. The van der Waals surface area contributed by atoms with E-state index >= 15 is 0 Å². The molecule has 1 N–H and O–H groups in total. The van der Waals surface area contributed by atoms with Crippen LogP contribution >= 0.6 is 0 Å². The molecule has 0 saturated heterocycles. The quantitative estimate of drug-likeness (QED) is 0.145. The molecule has 43 heavy (non-hydrogen) atoms. The average Bonchev–Trinajstić information content (AvgIpc) is 2.98. The molecular formula is C26H13N6O8RuS2-3. The molecule has 0 aliphatic carbocycles. The smallest absolute Gasteiger partial charge is 0.696 e. The molecule has 4 aromatic rings. The van der Waals surface area contributed by atoms with Crippen molar-refractivity contribution in [2.24, 2.45) is 0 Å². The summed E-state index contributed by atoms with van der Waals surface area (Å²) in [6.07, 6.45) is 5.20. The first-order valence-corrected chi connectivity index (χ1v) is 11.5. The Kier molecular flexibility index (Phi) is 17.1. The molecule has 17 heteroatoms. The minimum Gasteiger partial charge on any atom is -0.696 e. The van der Waals surface area contributed by atoms with E-state index in [-0.39, 0.29) is 64.5 Å². The van der Waals surface area contributed by atoms with E-state index in [1.54, 1.807) is 0 Å². The summed E-state index contributed by atoms with van der Waals surface area (Å²) in [6, 6.07) is 10.3. The molecule has 4 heterocycles. The molecule has 0 aliphatic heterocycles. The van der Waals surface area contributed by atoms with Gasteiger partial charge in [-0.25, -0.2) is 15.3 Å². The molecule has 0 saturated carbocycles. The third-order valence-corrected chi connectivity index (χ3v) is 4.52. The van der Waals surface area contributed by atoms with Gasteiger partial charge in [-0.15, -0.1) is 0 Å². The minimum absolute atomic E-state index is 0. The van der Waals surface area contributed by atoms with E-state index in [1.165, 1.54) is 84.1 Å². The monoisotopic (exact) mass is 703 g/mol. The van der Waals surface area contributed by atoms with Gasteiger partial charge in [-0.3, -0.25) is 19.9 Å². The predicted octanol–water partition coefficient (Wildman–Crippen LogP) is -0.898. The minimum atomic E-state index is -1.34. The van der Waals surface area contributed by atoms with Gasteiger partial charge < -0.3 is 60.1 Å². The van der Waals surface area contributed by atoms with Gasteiger partial charge in [-0.1, -0.05) is 10.8 Å². The number of carboxylic acid groups (broad SMARTS) is 4. The van der Waals surface area contributed by atoms with Gasteiger partial charge in [-0.05, 0) is 48.5 Å². The molecule has 0 aromatic carbocycles. The topological polar surface area (TPSA) is 257 Å². The Morgan fingerprint density at radius 3 is 1.00 bits per heavy atom. The van der Waals surface area contributed by atoms with Gasteiger partial charge >= 0.3 is 25.4 Å². The maximum atomic E-state index is 10.8. The van der Waals surface area contributed by atoms with Gasteiger partial charge in [0.25, 0.3) is 0 Å². The van der Waals surface area contributed by atoms with Crippen molar-refractivity contribution in [1.82, 2.24) is 19.9 Å². The molecule has 218 valence electrons. The number of carbonyl (C=O) groups excluding carboxylic acids is 3. The van der Waals surface area contributed by atoms with Crippen LogP contribution < -0.4 is 15.3 Å². The van der Waals surface area contributed by atoms with Crippen molar-refractivity contribution in [2.45, 2.75) is 0 Å². The number of aromatic nitrogens is 4. The molecule has 0 unspecified atom stereocenters. The summed E-state index contributed by atoms with van der Waals surface area (Å²) in [5.74, 6) is -5.09. The van der Waals surface area contributed by atoms with E-state index in [4.69, 9.17) is 15.6 Å². The van der Waals surface area contributed by atoms with Crippen molar-refractivity contribution < 1.29 is 59.1 Å². The second kappa shape index (κ2) is 19.6. The van der Waals surface area contributed by atoms with Crippen LogP contribution in [-0.4, -0.2) is 48.9 Å². The predicted molar refractivity (Wildman–Crippen MR) is 141 cm³/mol. The maximum Gasteiger partial charge on any atom is 2.00 e. The maximum absolute atomic E-state index is 10.8. The number of nitrogens with zero attached hydrogens (tertiary/aromatic N) is 6. The summed E-state index contributed by atoms with van der Waals surface area (Å²) in [6.45, 7) is 0. The van der Waals surface area contributed by atoms with Crippen molar-refractivity contribution in [3.05, 3.63) is 95.6 Å². The van der Waals surface area contributed by atoms with Crippen LogP contribution in [0.25, 0.3) is 22.8 Å². The number of nitriles is 2. The molecule has 0 aliphatic rings. The molecule has 0 radical (unpaired) electrons. The summed E-state index contributed by atoms with van der Waals surface area (Å²) in [7, 11) is 0. The zero-order chi connectivity index (χ0) is 31.7. The number of hydrogen-bond donors (Lipinski definition) is 1. The van der Waals surface area contributed by atoms with Gasteiger partial charge in [0.1, 0.15) is 0 Å². The van der Waals surface area contributed by atoms with Gasteiger partial charge in [-0.2, -0.15) is 0 Å². The number of pyridine rings is 4. The molecule has 14 nitrogen and oxygen atoms in total. The van der Waals surface area contributed by atoms with Gasteiger partial charge in [0.05, 0.1) is 46.2 Å². The Balaban J connectivity index is 0.000000680. The van der Waals surface area contributed by atoms with E-state index < -0.39 is 23.9 Å². The average molecular weight is 703 g/mol. The SMILES string of the molecule is N#C[S-].N#C[S-].O=C([O-])c1ccnc(-c2cc(C(=O)O)ccn2)c1.O=C([O-])c1ccnc(-c2cc(C(=O)[O-])ccn2)c1.[Ru+2]. The first-order chi connectivity index (χ1) is 20.0. The van der Waals surface area contributed by atoms with E-state index in [2.05, 4.69) is 45.2 Å². The normalized spacial score (nSPS) is 8.70. The van der Waals surface area contributed by atoms with Crippen molar-refractivity contribution in [3.63, 3.8) is 0 Å². The van der Waals surface area contributed by atoms with Crippen molar-refractivity contribution in [2.75, 3.05) is 0 Å². The van der Waals surface area contributed by atoms with Gasteiger partial charge in [0.2, 0.25) is 0 Å². The Bertz CT molecular complexity index is 1440. The Morgan fingerprint density at radius 2 is 0.791 bits per heavy atom. The van der Waals surface area contributed by atoms with Crippen LogP contribution in [0.3, 0.4) is 0 Å². The second-order valence-electron chi connectivity index (χ2n) is 7.07. The number of thiocyanates is 2. The van der Waals surface area contributed by atoms with Crippen LogP contribution in [0.4, 0.5) is 0 Å². The molecule has 0 atom stereocenters. The fourth-order valence-corrected chi connectivity index (χ4v) is 2.80. The molecular weight excluding hydrogens is 690 g/mol. The molecule has 0 amide bonds. The Labute approximate surface area is 266 Å². The standard InChI is InChI=1S/2C12H8N2O4.2CHNS.Ru/c2*15-11(16)7-1-3-13-9(5-7)10-6-8(12(17)18)2-4-14-10;2*2-1-3;/h2*1-6H,(H,15,16)(H,17,18);2*3H;/q;;;;+2/p-5. The number of carboxylic acids is 4.